The van der Waals surface area contributed by atoms with Crippen LogP contribution in [0, 0.1) is 5.92 Å². The lowest BCUT2D eigenvalue weighted by Crippen LogP contribution is -2.44. The smallest absolute Gasteiger partial charge is 0.260 e. The summed E-state index contributed by atoms with van der Waals surface area (Å²) in [5, 5.41) is 0. The summed E-state index contributed by atoms with van der Waals surface area (Å²) in [5.41, 5.74) is 7.32. The molecule has 1 atom stereocenters. The van der Waals surface area contributed by atoms with Gasteiger partial charge in [-0.05, 0) is 48.8 Å². The highest BCUT2D eigenvalue weighted by atomic mass is 16.5. The van der Waals surface area contributed by atoms with E-state index in [9.17, 15) is 4.79 Å². The average Bonchev–Trinajstić information content (AvgIpc) is 2.52. The number of amides is 1. The predicted molar refractivity (Wildman–Crippen MR) is 93.6 cm³/mol. The van der Waals surface area contributed by atoms with Gasteiger partial charge in [0.05, 0.1) is 0 Å². The largest absolute Gasteiger partial charge is 0.484 e. The summed E-state index contributed by atoms with van der Waals surface area (Å²) in [6.07, 6.45) is 1.98. The van der Waals surface area contributed by atoms with Crippen LogP contribution in [0.4, 0.5) is 0 Å². The van der Waals surface area contributed by atoms with Crippen LogP contribution in [-0.4, -0.2) is 36.5 Å². The Morgan fingerprint density at radius 3 is 2.30 bits per heavy atom. The number of benzene rings is 1. The van der Waals surface area contributed by atoms with Crippen LogP contribution in [0.5, 0.6) is 5.75 Å². The van der Waals surface area contributed by atoms with E-state index in [1.54, 1.807) is 0 Å². The van der Waals surface area contributed by atoms with Crippen molar-refractivity contribution in [2.45, 2.75) is 52.0 Å². The van der Waals surface area contributed by atoms with E-state index in [0.29, 0.717) is 5.92 Å². The molecule has 4 nitrogen and oxygen atoms in total. The summed E-state index contributed by atoms with van der Waals surface area (Å²) in [7, 11) is 0. The molecule has 23 heavy (non-hydrogen) atoms. The van der Waals surface area contributed by atoms with Crippen LogP contribution < -0.4 is 10.5 Å². The van der Waals surface area contributed by atoms with Crippen molar-refractivity contribution in [3.63, 3.8) is 0 Å². The Morgan fingerprint density at radius 2 is 1.83 bits per heavy atom. The van der Waals surface area contributed by atoms with Gasteiger partial charge in [-0.15, -0.1) is 0 Å². The van der Waals surface area contributed by atoms with E-state index in [1.165, 1.54) is 5.56 Å². The van der Waals surface area contributed by atoms with E-state index in [2.05, 4.69) is 32.9 Å². The molecule has 1 aliphatic heterocycles. The van der Waals surface area contributed by atoms with Gasteiger partial charge in [0.25, 0.3) is 5.91 Å². The van der Waals surface area contributed by atoms with Crippen LogP contribution in [0.2, 0.25) is 0 Å². The fraction of sp³-hybridized carbons (Fsp3) is 0.632. The first-order valence-electron chi connectivity index (χ1n) is 8.54. The number of hydrogen-bond donors (Lipinski definition) is 1. The number of nitrogens with zero attached hydrogens (tertiary/aromatic N) is 1. The SMILES string of the molecule is CC(N)C1CCN(C(=O)COc2ccc(C(C)(C)C)cc2)CC1. The van der Waals surface area contributed by atoms with Gasteiger partial charge in [-0.3, -0.25) is 4.79 Å². The van der Waals surface area contributed by atoms with Gasteiger partial charge in [0.2, 0.25) is 0 Å². The topological polar surface area (TPSA) is 55.6 Å². The molecule has 1 amide bonds. The van der Waals surface area contributed by atoms with E-state index < -0.39 is 0 Å². The van der Waals surface area contributed by atoms with Gasteiger partial charge in [0, 0.05) is 19.1 Å². The Hall–Kier alpha value is -1.55. The second kappa shape index (κ2) is 7.35. The lowest BCUT2D eigenvalue weighted by Gasteiger charge is -2.33. The number of carbonyl (C=O) groups is 1. The summed E-state index contributed by atoms with van der Waals surface area (Å²) >= 11 is 0. The van der Waals surface area contributed by atoms with Gasteiger partial charge >= 0.3 is 0 Å². The Labute approximate surface area is 140 Å². The minimum absolute atomic E-state index is 0.0630. The van der Waals surface area contributed by atoms with Crippen LogP contribution >= 0.6 is 0 Å². The van der Waals surface area contributed by atoms with Gasteiger partial charge in [0.15, 0.2) is 6.61 Å². The molecule has 1 fully saturated rings. The van der Waals surface area contributed by atoms with Crippen molar-refractivity contribution >= 4 is 5.91 Å². The Morgan fingerprint density at radius 1 is 1.26 bits per heavy atom. The molecular weight excluding hydrogens is 288 g/mol. The van der Waals surface area contributed by atoms with Crippen LogP contribution in [0.1, 0.15) is 46.1 Å². The molecule has 1 unspecified atom stereocenters. The van der Waals surface area contributed by atoms with Crippen LogP contribution in [0.3, 0.4) is 0 Å². The molecule has 0 bridgehead atoms. The number of piperidine rings is 1. The van der Waals surface area contributed by atoms with E-state index in [0.717, 1.165) is 31.7 Å². The zero-order valence-electron chi connectivity index (χ0n) is 14.8. The van der Waals surface area contributed by atoms with Gasteiger partial charge in [0.1, 0.15) is 5.75 Å². The van der Waals surface area contributed by atoms with E-state index in [4.69, 9.17) is 10.5 Å². The molecular formula is C19H30N2O2. The lowest BCUT2D eigenvalue weighted by molar-refractivity contribution is -0.134. The zero-order chi connectivity index (χ0) is 17.0. The number of hydrogen-bond acceptors (Lipinski definition) is 3. The van der Waals surface area contributed by atoms with E-state index >= 15 is 0 Å². The third-order valence-electron chi connectivity index (χ3n) is 4.72. The monoisotopic (exact) mass is 318 g/mol. The van der Waals surface area contributed by atoms with E-state index in [-0.39, 0.29) is 24.0 Å². The van der Waals surface area contributed by atoms with Gasteiger partial charge in [-0.25, -0.2) is 0 Å². The molecule has 0 aromatic heterocycles. The fourth-order valence-corrected chi connectivity index (χ4v) is 2.96. The van der Waals surface area contributed by atoms with Crippen molar-refractivity contribution < 1.29 is 9.53 Å². The maximum Gasteiger partial charge on any atom is 0.260 e. The molecule has 0 spiro atoms. The lowest BCUT2D eigenvalue weighted by atomic mass is 9.87. The molecule has 0 radical (unpaired) electrons. The van der Waals surface area contributed by atoms with Crippen LogP contribution in [-0.2, 0) is 10.2 Å². The zero-order valence-corrected chi connectivity index (χ0v) is 14.8. The summed E-state index contributed by atoms with van der Waals surface area (Å²) in [4.78, 5) is 14.1. The number of likely N-dealkylation sites (tertiary alicyclic amines) is 1. The molecule has 1 aromatic rings. The quantitative estimate of drug-likeness (QED) is 0.928. The maximum atomic E-state index is 12.2. The number of nitrogens with two attached hydrogens (primary N) is 1. The molecule has 0 aliphatic carbocycles. The highest BCUT2D eigenvalue weighted by Gasteiger charge is 2.24. The van der Waals surface area contributed by atoms with Gasteiger partial charge in [-0.1, -0.05) is 32.9 Å². The third kappa shape index (κ3) is 4.96. The molecule has 1 aliphatic rings. The Kier molecular flexibility index (Phi) is 5.69. The molecule has 128 valence electrons. The normalized spacial score (nSPS) is 17.9. The van der Waals surface area contributed by atoms with Crippen molar-refractivity contribution in [1.29, 1.82) is 0 Å². The fourth-order valence-electron chi connectivity index (χ4n) is 2.96. The van der Waals surface area contributed by atoms with Gasteiger partial charge in [-0.2, -0.15) is 0 Å². The van der Waals surface area contributed by atoms with Crippen molar-refractivity contribution in [2.24, 2.45) is 11.7 Å². The predicted octanol–water partition coefficient (Wildman–Crippen LogP) is 2.95. The van der Waals surface area contributed by atoms with Crippen molar-refractivity contribution in [2.75, 3.05) is 19.7 Å². The summed E-state index contributed by atoms with van der Waals surface area (Å²) in [6, 6.07) is 8.22. The van der Waals surface area contributed by atoms with Crippen molar-refractivity contribution in [1.82, 2.24) is 4.90 Å². The van der Waals surface area contributed by atoms with E-state index in [1.807, 2.05) is 24.0 Å². The first kappa shape index (κ1) is 17.8. The summed E-state index contributed by atoms with van der Waals surface area (Å²) in [5.74, 6) is 1.34. The summed E-state index contributed by atoms with van der Waals surface area (Å²) in [6.45, 7) is 10.3. The number of rotatable bonds is 4. The molecule has 0 saturated carbocycles. The highest BCUT2D eigenvalue weighted by Crippen LogP contribution is 2.24. The van der Waals surface area contributed by atoms with Crippen LogP contribution in [0.15, 0.2) is 24.3 Å². The molecule has 2 rings (SSSR count). The molecule has 2 N–H and O–H groups in total. The average molecular weight is 318 g/mol. The first-order valence-corrected chi connectivity index (χ1v) is 8.54. The molecule has 1 saturated heterocycles. The molecule has 1 aromatic carbocycles. The highest BCUT2D eigenvalue weighted by molar-refractivity contribution is 5.77. The van der Waals surface area contributed by atoms with Crippen LogP contribution in [0.25, 0.3) is 0 Å². The van der Waals surface area contributed by atoms with Crippen molar-refractivity contribution in [3.8, 4) is 5.75 Å². The minimum Gasteiger partial charge on any atom is -0.484 e. The third-order valence-corrected chi connectivity index (χ3v) is 4.72. The second-order valence-electron chi connectivity index (χ2n) is 7.64. The minimum atomic E-state index is 0.0630. The second-order valence-corrected chi connectivity index (χ2v) is 7.64. The maximum absolute atomic E-state index is 12.2. The number of carbonyl (C=O) groups excluding carboxylic acids is 1. The van der Waals surface area contributed by atoms with Gasteiger partial charge < -0.3 is 15.4 Å². The Balaban J connectivity index is 1.81. The summed E-state index contributed by atoms with van der Waals surface area (Å²) < 4.78 is 5.65. The molecule has 1 heterocycles. The first-order chi connectivity index (χ1) is 10.8. The Bertz CT molecular complexity index is 509. The standard InChI is InChI=1S/C19H30N2O2/c1-14(20)15-9-11-21(12-10-15)18(22)13-23-17-7-5-16(6-8-17)19(2,3)4/h5-8,14-15H,9-13,20H2,1-4H3. The van der Waals surface area contributed by atoms with Crippen molar-refractivity contribution in [3.05, 3.63) is 29.8 Å². The molecule has 4 heteroatoms. The number of ether oxygens (including phenoxy) is 1.